The third-order valence-corrected chi connectivity index (χ3v) is 5.94. The highest BCUT2D eigenvalue weighted by Gasteiger charge is 2.24. The third-order valence-electron chi connectivity index (χ3n) is 5.94. The van der Waals surface area contributed by atoms with E-state index >= 15 is 0 Å². The van der Waals surface area contributed by atoms with Crippen molar-refractivity contribution < 1.29 is 63.1 Å². The fraction of sp³-hybridized carbons (Fsp3) is 0.731. The maximum atomic E-state index is 12.3. The molecule has 0 aromatic rings. The van der Waals surface area contributed by atoms with Gasteiger partial charge in [0.05, 0.1) is 19.8 Å². The molecular weight excluding hydrogens is 604 g/mol. The van der Waals surface area contributed by atoms with Crippen LogP contribution < -0.4 is 32.5 Å². The van der Waals surface area contributed by atoms with Crippen LogP contribution in [0.3, 0.4) is 0 Å². The Morgan fingerprint density at radius 3 is 1.71 bits per heavy atom. The fourth-order valence-corrected chi connectivity index (χ4v) is 3.53. The van der Waals surface area contributed by atoms with E-state index in [1.165, 1.54) is 0 Å². The molecule has 0 spiro atoms. The van der Waals surface area contributed by atoms with Gasteiger partial charge in [-0.25, -0.2) is 15.0 Å². The Morgan fingerprint density at radius 1 is 0.600 bits per heavy atom. The predicted octanol–water partition coefficient (Wildman–Crippen LogP) is -2.93. The molecule has 0 bridgehead atoms. The number of ether oxygens (including phenoxy) is 3. The number of carbonyl (C=O) groups is 7. The Bertz CT molecular complexity index is 952. The van der Waals surface area contributed by atoms with E-state index in [0.717, 1.165) is 0 Å². The molecule has 0 saturated carbocycles. The van der Waals surface area contributed by atoms with Crippen molar-refractivity contribution >= 4 is 41.5 Å². The molecule has 45 heavy (non-hydrogen) atoms. The van der Waals surface area contributed by atoms with Gasteiger partial charge in [-0.3, -0.25) is 29.8 Å². The molecule has 0 radical (unpaired) electrons. The van der Waals surface area contributed by atoms with Gasteiger partial charge in [0.25, 0.3) is 0 Å². The minimum atomic E-state index is -1.44. The van der Waals surface area contributed by atoms with E-state index in [0.29, 0.717) is 19.4 Å². The van der Waals surface area contributed by atoms with E-state index in [4.69, 9.17) is 25.2 Å². The number of hydrogen-bond acceptors (Lipinski definition) is 12. The van der Waals surface area contributed by atoms with E-state index in [1.807, 2.05) is 0 Å². The van der Waals surface area contributed by atoms with Gasteiger partial charge in [-0.15, -0.1) is 0 Å². The second kappa shape index (κ2) is 25.4. The fourth-order valence-electron chi connectivity index (χ4n) is 3.53. The normalized spacial score (nSPS) is 12.8. The zero-order valence-corrected chi connectivity index (χ0v) is 25.3. The van der Waals surface area contributed by atoms with Crippen molar-refractivity contribution in [2.75, 3.05) is 52.7 Å². The van der Waals surface area contributed by atoms with Gasteiger partial charge < -0.3 is 50.8 Å². The lowest BCUT2D eigenvalue weighted by molar-refractivity contribution is -0.144. The van der Waals surface area contributed by atoms with E-state index in [9.17, 15) is 43.8 Å². The molecule has 0 rings (SSSR count). The maximum Gasteiger partial charge on any atom is 0.326 e. The lowest BCUT2D eigenvalue weighted by Gasteiger charge is -2.17. The highest BCUT2D eigenvalue weighted by molar-refractivity contribution is 5.86. The van der Waals surface area contributed by atoms with E-state index in [-0.39, 0.29) is 71.1 Å². The summed E-state index contributed by atoms with van der Waals surface area (Å²) in [6.45, 7) is 2.52. The van der Waals surface area contributed by atoms with Crippen molar-refractivity contribution in [1.29, 1.82) is 0 Å². The Morgan fingerprint density at radius 2 is 1.13 bits per heavy atom. The number of unbranched alkanes of at least 4 members (excludes halogenated alkanes) is 1. The van der Waals surface area contributed by atoms with Crippen LogP contribution in [0.25, 0.3) is 0 Å². The molecule has 0 heterocycles. The van der Waals surface area contributed by atoms with Gasteiger partial charge in [0.15, 0.2) is 0 Å². The molecule has 0 saturated heterocycles. The van der Waals surface area contributed by atoms with Crippen LogP contribution in [0.4, 0.5) is 0 Å². The van der Waals surface area contributed by atoms with Crippen molar-refractivity contribution in [2.45, 2.75) is 70.0 Å². The van der Waals surface area contributed by atoms with Crippen LogP contribution >= 0.6 is 0 Å². The van der Waals surface area contributed by atoms with E-state index < -0.39 is 66.8 Å². The molecule has 3 atom stereocenters. The van der Waals surface area contributed by atoms with Gasteiger partial charge >= 0.3 is 17.9 Å². The number of nitrogens with two attached hydrogens (primary N) is 1. The van der Waals surface area contributed by atoms with Gasteiger partial charge in [0.2, 0.25) is 23.6 Å². The largest absolute Gasteiger partial charge is 0.480 e. The van der Waals surface area contributed by atoms with Gasteiger partial charge in [0, 0.05) is 32.5 Å². The minimum Gasteiger partial charge on any atom is -0.480 e. The third kappa shape index (κ3) is 22.3. The van der Waals surface area contributed by atoms with Crippen LogP contribution in [-0.4, -0.2) is 128 Å². The highest BCUT2D eigenvalue weighted by Crippen LogP contribution is 2.04. The monoisotopic (exact) mass is 650 g/mol. The first kappa shape index (κ1) is 41.1. The Balaban J connectivity index is 4.29. The number of carbonyl (C=O) groups excluding carboxylic acids is 4. The molecular formula is C26H46N6O13. The summed E-state index contributed by atoms with van der Waals surface area (Å²) in [5.41, 5.74) is 2.17. The molecule has 0 aromatic carbocycles. The number of carboxylic acid groups (broad SMARTS) is 3. The summed E-state index contributed by atoms with van der Waals surface area (Å²) in [6.07, 6.45) is -0.00923. The Labute approximate surface area is 260 Å². The second-order valence-electron chi connectivity index (χ2n) is 9.55. The predicted molar refractivity (Wildman–Crippen MR) is 154 cm³/mol. The van der Waals surface area contributed by atoms with Crippen LogP contribution in [0, 0.1) is 0 Å². The van der Waals surface area contributed by atoms with Crippen molar-refractivity contribution in [3.8, 4) is 0 Å². The summed E-state index contributed by atoms with van der Waals surface area (Å²) in [4.78, 5) is 81.7. The number of nitrogens with one attached hydrogen (secondary N) is 5. The lowest BCUT2D eigenvalue weighted by Crippen LogP contribution is -2.45. The number of aliphatic carboxylic acids is 3. The number of amides is 4. The smallest absolute Gasteiger partial charge is 0.326 e. The number of hydrazine groups is 1. The van der Waals surface area contributed by atoms with E-state index in [1.54, 1.807) is 6.92 Å². The van der Waals surface area contributed by atoms with Crippen molar-refractivity contribution in [2.24, 2.45) is 5.84 Å². The summed E-state index contributed by atoms with van der Waals surface area (Å²) in [5, 5.41) is 37.3. The van der Waals surface area contributed by atoms with Crippen LogP contribution in [0.2, 0.25) is 0 Å². The average Bonchev–Trinajstić information content (AvgIpc) is 2.98. The zero-order valence-electron chi connectivity index (χ0n) is 25.3. The van der Waals surface area contributed by atoms with Crippen LogP contribution in [-0.2, 0) is 47.8 Å². The van der Waals surface area contributed by atoms with Crippen LogP contribution in [0.15, 0.2) is 0 Å². The molecule has 19 nitrogen and oxygen atoms in total. The molecule has 0 unspecified atom stereocenters. The molecule has 10 N–H and O–H groups in total. The molecule has 0 fully saturated rings. The quantitative estimate of drug-likeness (QED) is 0.0233. The minimum absolute atomic E-state index is 0.0226. The molecule has 4 amide bonds. The highest BCUT2D eigenvalue weighted by atomic mass is 16.5. The Kier molecular flexibility index (Phi) is 23.2. The number of rotatable bonds is 28. The van der Waals surface area contributed by atoms with Gasteiger partial charge in [-0.2, -0.15) is 0 Å². The summed E-state index contributed by atoms with van der Waals surface area (Å²) < 4.78 is 15.3. The first-order chi connectivity index (χ1) is 21.4. The van der Waals surface area contributed by atoms with Crippen LogP contribution in [0.1, 0.15) is 51.9 Å². The SMILES string of the molecule is CCOCC(=O)NCCOCCOCC(=O)N[C@@H](CCC(=O)N[C@@H](CCC(=O)NCCCC[C@H](NN)C(=O)O)C(=O)O)C(=O)O. The Hall–Kier alpha value is -3.91. The van der Waals surface area contributed by atoms with E-state index in [2.05, 4.69) is 26.7 Å². The van der Waals surface area contributed by atoms with Gasteiger partial charge in [-0.1, -0.05) is 0 Å². The van der Waals surface area contributed by atoms with Crippen molar-refractivity contribution in [3.05, 3.63) is 0 Å². The topological polar surface area (TPSA) is 294 Å². The number of carboxylic acids is 3. The molecule has 0 aromatic heterocycles. The van der Waals surface area contributed by atoms with Crippen LogP contribution in [0.5, 0.6) is 0 Å². The summed E-state index contributed by atoms with van der Waals surface area (Å²) in [6, 6.07) is -3.75. The first-order valence-corrected chi connectivity index (χ1v) is 14.4. The molecule has 19 heteroatoms. The summed E-state index contributed by atoms with van der Waals surface area (Å²) in [5.74, 6) is -1.03. The standard InChI is InChI=1S/C26H46N6O13/c1-2-43-15-22(35)29-11-12-44-13-14-45-16-23(36)31-18(25(39)40)7-9-21(34)30-17(24(37)38)6-8-20(33)28-10-4-3-5-19(32-27)26(41)42/h17-19,32H,2-16,27H2,1H3,(H,28,33)(H,29,35)(H,30,34)(H,31,36)(H,37,38)(H,39,40)(H,41,42)/t17-,18-,19-/m0/s1. The van der Waals surface area contributed by atoms with Crippen molar-refractivity contribution in [3.63, 3.8) is 0 Å². The van der Waals surface area contributed by atoms with Gasteiger partial charge in [-0.05, 0) is 39.0 Å². The summed E-state index contributed by atoms with van der Waals surface area (Å²) >= 11 is 0. The lowest BCUT2D eigenvalue weighted by atomic mass is 10.1. The van der Waals surface area contributed by atoms with Crippen molar-refractivity contribution in [1.82, 2.24) is 26.7 Å². The second-order valence-corrected chi connectivity index (χ2v) is 9.55. The average molecular weight is 651 g/mol. The number of hydrogen-bond donors (Lipinski definition) is 9. The molecule has 0 aliphatic rings. The maximum absolute atomic E-state index is 12.3. The summed E-state index contributed by atoms with van der Waals surface area (Å²) in [7, 11) is 0. The molecule has 0 aliphatic heterocycles. The van der Waals surface area contributed by atoms with Gasteiger partial charge in [0.1, 0.15) is 31.3 Å². The first-order valence-electron chi connectivity index (χ1n) is 14.4. The molecule has 0 aliphatic carbocycles. The zero-order chi connectivity index (χ0) is 34.0. The molecule has 258 valence electrons.